The molecule has 0 aliphatic carbocycles. The third-order valence-electron chi connectivity index (χ3n) is 5.25. The van der Waals surface area contributed by atoms with Crippen molar-refractivity contribution in [1.29, 1.82) is 0 Å². The molecule has 0 spiro atoms. The van der Waals surface area contributed by atoms with Crippen LogP contribution in [0.5, 0.6) is 0 Å². The Kier molecular flexibility index (Phi) is 6.63. The smallest absolute Gasteiger partial charge is 0.321 e. The number of anilines is 4. The summed E-state index contributed by atoms with van der Waals surface area (Å²) in [6, 6.07) is 9.34. The van der Waals surface area contributed by atoms with E-state index in [1.165, 1.54) is 24.4 Å². The van der Waals surface area contributed by atoms with Gasteiger partial charge in [-0.25, -0.2) is 14.2 Å². The maximum absolute atomic E-state index is 14.3. The minimum atomic E-state index is -0.614. The Morgan fingerprint density at radius 2 is 1.91 bits per heavy atom. The number of carbonyl (C=O) groups excluding carboxylic acids is 2. The van der Waals surface area contributed by atoms with Crippen molar-refractivity contribution >= 4 is 34.8 Å². The molecular weight excluding hydrogens is 425 g/mol. The van der Waals surface area contributed by atoms with Crippen LogP contribution in [0, 0.1) is 5.82 Å². The quantitative estimate of drug-likeness (QED) is 0.436. The number of aromatic nitrogens is 2. The van der Waals surface area contributed by atoms with Crippen LogP contribution >= 0.6 is 0 Å². The molecule has 0 atom stereocenters. The highest BCUT2D eigenvalue weighted by Gasteiger charge is 2.19. The molecule has 1 fully saturated rings. The molecule has 2 aromatic heterocycles. The van der Waals surface area contributed by atoms with Gasteiger partial charge in [0, 0.05) is 50.0 Å². The summed E-state index contributed by atoms with van der Waals surface area (Å²) in [7, 11) is 0. The molecule has 4 rings (SSSR count). The summed E-state index contributed by atoms with van der Waals surface area (Å²) in [6.07, 6.45) is 6.66. The van der Waals surface area contributed by atoms with Gasteiger partial charge in [0.05, 0.1) is 16.9 Å². The molecule has 0 bridgehead atoms. The van der Waals surface area contributed by atoms with Gasteiger partial charge < -0.3 is 26.6 Å². The monoisotopic (exact) mass is 449 g/mol. The summed E-state index contributed by atoms with van der Waals surface area (Å²) >= 11 is 0. The Hall–Kier alpha value is -4.21. The zero-order chi connectivity index (χ0) is 23.2. The first kappa shape index (κ1) is 22.0. The van der Waals surface area contributed by atoms with Crippen molar-refractivity contribution in [3.63, 3.8) is 0 Å². The molecular formula is C23H24FN7O2. The van der Waals surface area contributed by atoms with Crippen LogP contribution in [0.15, 0.2) is 55.0 Å². The lowest BCUT2D eigenvalue weighted by molar-refractivity contribution is 0.100. The third-order valence-corrected chi connectivity index (χ3v) is 5.25. The average Bonchev–Trinajstić information content (AvgIpc) is 3.36. The molecule has 0 saturated carbocycles. The first-order chi connectivity index (χ1) is 16.0. The van der Waals surface area contributed by atoms with E-state index in [2.05, 4.69) is 25.9 Å². The fraction of sp³-hybridized carbons (Fsp3) is 0.217. The average molecular weight is 449 g/mol. The Bertz CT molecular complexity index is 1150. The van der Waals surface area contributed by atoms with Crippen molar-refractivity contribution in [3.8, 4) is 0 Å². The summed E-state index contributed by atoms with van der Waals surface area (Å²) in [4.78, 5) is 34.1. The number of halogens is 1. The molecule has 1 aromatic carbocycles. The van der Waals surface area contributed by atoms with E-state index in [1.54, 1.807) is 23.4 Å². The summed E-state index contributed by atoms with van der Waals surface area (Å²) < 4.78 is 14.3. The molecule has 1 aliphatic heterocycles. The van der Waals surface area contributed by atoms with Gasteiger partial charge in [0.15, 0.2) is 0 Å². The Morgan fingerprint density at radius 3 is 2.64 bits per heavy atom. The van der Waals surface area contributed by atoms with Crippen LogP contribution < -0.4 is 21.7 Å². The second-order valence-corrected chi connectivity index (χ2v) is 7.64. The largest absolute Gasteiger partial charge is 0.380 e. The number of nitrogens with one attached hydrogen (secondary N) is 3. The van der Waals surface area contributed by atoms with E-state index >= 15 is 0 Å². The molecule has 3 heterocycles. The Balaban J connectivity index is 1.50. The zero-order valence-electron chi connectivity index (χ0n) is 17.8. The Labute approximate surface area is 190 Å². The number of carbonyl (C=O) groups is 2. The number of rotatable bonds is 7. The van der Waals surface area contributed by atoms with Gasteiger partial charge in [-0.15, -0.1) is 0 Å². The zero-order valence-corrected chi connectivity index (χ0v) is 17.8. The molecule has 0 radical (unpaired) electrons. The van der Waals surface area contributed by atoms with Gasteiger partial charge in [0.1, 0.15) is 11.6 Å². The maximum atomic E-state index is 14.3. The van der Waals surface area contributed by atoms with E-state index < -0.39 is 11.7 Å². The van der Waals surface area contributed by atoms with E-state index in [-0.39, 0.29) is 17.3 Å². The first-order valence-electron chi connectivity index (χ1n) is 10.5. The number of hydrogen-bond donors (Lipinski definition) is 4. The molecule has 10 heteroatoms. The van der Waals surface area contributed by atoms with Gasteiger partial charge in [-0.2, -0.15) is 0 Å². The van der Waals surface area contributed by atoms with Crippen molar-refractivity contribution in [2.24, 2.45) is 5.73 Å². The number of nitrogens with zero attached hydrogens (tertiary/aromatic N) is 3. The highest BCUT2D eigenvalue weighted by molar-refractivity contribution is 5.98. The van der Waals surface area contributed by atoms with Crippen molar-refractivity contribution in [2.45, 2.75) is 19.4 Å². The molecule has 1 aliphatic rings. The third kappa shape index (κ3) is 5.53. The molecule has 3 amide bonds. The molecule has 3 aromatic rings. The van der Waals surface area contributed by atoms with E-state index in [0.29, 0.717) is 36.8 Å². The number of nitrogens with two attached hydrogens (primary N) is 1. The lowest BCUT2D eigenvalue weighted by Gasteiger charge is -2.17. The van der Waals surface area contributed by atoms with E-state index in [1.807, 2.05) is 12.1 Å². The van der Waals surface area contributed by atoms with Crippen molar-refractivity contribution < 1.29 is 14.0 Å². The van der Waals surface area contributed by atoms with Gasteiger partial charge in [-0.05, 0) is 42.7 Å². The first-order valence-corrected chi connectivity index (χ1v) is 10.5. The lowest BCUT2D eigenvalue weighted by Crippen LogP contribution is -2.32. The highest BCUT2D eigenvalue weighted by atomic mass is 19.1. The van der Waals surface area contributed by atoms with E-state index in [4.69, 9.17) is 5.73 Å². The van der Waals surface area contributed by atoms with E-state index in [0.717, 1.165) is 18.4 Å². The summed E-state index contributed by atoms with van der Waals surface area (Å²) in [5, 5.41) is 8.87. The maximum Gasteiger partial charge on any atom is 0.321 e. The Morgan fingerprint density at radius 1 is 1.09 bits per heavy atom. The van der Waals surface area contributed by atoms with E-state index in [9.17, 15) is 14.0 Å². The predicted molar refractivity (Wildman–Crippen MR) is 124 cm³/mol. The summed E-state index contributed by atoms with van der Waals surface area (Å²) in [6.45, 7) is 1.76. The van der Waals surface area contributed by atoms with Crippen LogP contribution in [-0.4, -0.2) is 39.9 Å². The summed E-state index contributed by atoms with van der Waals surface area (Å²) in [5.74, 6) is -0.738. The van der Waals surface area contributed by atoms with Gasteiger partial charge in [0.2, 0.25) is 0 Å². The SMILES string of the molecule is NC(=O)c1cnc(Nc2ccc(F)c(NC(=O)N3CCCC3)c2)cc1NCc1cccnc1. The second-order valence-electron chi connectivity index (χ2n) is 7.64. The topological polar surface area (TPSA) is 125 Å². The van der Waals surface area contributed by atoms with Crippen LogP contribution in [0.1, 0.15) is 28.8 Å². The molecule has 1 saturated heterocycles. The van der Waals surface area contributed by atoms with Gasteiger partial charge in [0.25, 0.3) is 5.91 Å². The van der Waals surface area contributed by atoms with Crippen LogP contribution in [-0.2, 0) is 6.54 Å². The number of urea groups is 1. The standard InChI is InChI=1S/C23H24FN7O2/c24-18-6-5-16(10-20(18)30-23(33)31-8-1-2-9-31)29-21-11-19(17(14-28-21)22(25)32)27-13-15-4-3-7-26-12-15/h3-7,10-12,14H,1-2,8-9,13H2,(H2,25,32)(H,30,33)(H2,27,28,29). The minimum Gasteiger partial charge on any atom is -0.380 e. The van der Waals surface area contributed by atoms with Crippen LogP contribution in [0.25, 0.3) is 0 Å². The predicted octanol–water partition coefficient (Wildman–Crippen LogP) is 3.70. The van der Waals surface area contributed by atoms with Gasteiger partial charge >= 0.3 is 6.03 Å². The van der Waals surface area contributed by atoms with Crippen LogP contribution in [0.3, 0.4) is 0 Å². The second kappa shape index (κ2) is 9.94. The molecule has 33 heavy (non-hydrogen) atoms. The number of hydrogen-bond acceptors (Lipinski definition) is 6. The molecule has 9 nitrogen and oxygen atoms in total. The lowest BCUT2D eigenvalue weighted by atomic mass is 10.2. The minimum absolute atomic E-state index is 0.0700. The fourth-order valence-electron chi connectivity index (χ4n) is 3.53. The highest BCUT2D eigenvalue weighted by Crippen LogP contribution is 2.25. The fourth-order valence-corrected chi connectivity index (χ4v) is 3.53. The van der Waals surface area contributed by atoms with Crippen molar-refractivity contribution in [3.05, 3.63) is 71.9 Å². The van der Waals surface area contributed by atoms with Crippen LogP contribution in [0.4, 0.5) is 32.1 Å². The number of amides is 3. The van der Waals surface area contributed by atoms with Gasteiger partial charge in [-0.1, -0.05) is 6.07 Å². The number of benzene rings is 1. The molecule has 0 unspecified atom stereocenters. The number of pyridine rings is 2. The normalized spacial score (nSPS) is 12.9. The van der Waals surface area contributed by atoms with Crippen molar-refractivity contribution in [1.82, 2.24) is 14.9 Å². The molecule has 170 valence electrons. The van der Waals surface area contributed by atoms with Crippen molar-refractivity contribution in [2.75, 3.05) is 29.0 Å². The number of primary amides is 1. The number of likely N-dealkylation sites (tertiary alicyclic amines) is 1. The van der Waals surface area contributed by atoms with Crippen LogP contribution in [0.2, 0.25) is 0 Å². The molecule has 5 N–H and O–H groups in total. The van der Waals surface area contributed by atoms with Gasteiger partial charge in [-0.3, -0.25) is 9.78 Å². The summed E-state index contributed by atoms with van der Waals surface area (Å²) in [5.41, 5.74) is 7.73.